The van der Waals surface area contributed by atoms with Crippen molar-refractivity contribution < 1.29 is 14.3 Å². The van der Waals surface area contributed by atoms with Crippen LogP contribution in [-0.4, -0.2) is 37.0 Å². The minimum Gasteiger partial charge on any atom is -0.493 e. The first kappa shape index (κ1) is 20.3. The molecule has 0 saturated heterocycles. The predicted octanol–water partition coefficient (Wildman–Crippen LogP) is 4.78. The van der Waals surface area contributed by atoms with Crippen LogP contribution in [0.2, 0.25) is 0 Å². The lowest BCUT2D eigenvalue weighted by molar-refractivity contribution is 0.0993. The van der Waals surface area contributed by atoms with Crippen LogP contribution in [0.15, 0.2) is 66.7 Å². The van der Waals surface area contributed by atoms with Crippen molar-refractivity contribution in [1.29, 1.82) is 0 Å². The van der Waals surface area contributed by atoms with Crippen molar-refractivity contribution in [3.8, 4) is 22.8 Å². The SMILES string of the molecule is CNc1nc(-c2cccc(CC(=O)c3ccccc3)c2)c2cc(OC)c(OC)cc2n1. The third-order valence-electron chi connectivity index (χ3n) is 5.09. The molecular weight excluding hydrogens is 390 g/mol. The van der Waals surface area contributed by atoms with Crippen LogP contribution in [0.5, 0.6) is 11.5 Å². The Morgan fingerprint density at radius 3 is 2.35 bits per heavy atom. The van der Waals surface area contributed by atoms with Crippen LogP contribution in [0, 0.1) is 0 Å². The average molecular weight is 413 g/mol. The maximum Gasteiger partial charge on any atom is 0.223 e. The number of hydrogen-bond acceptors (Lipinski definition) is 6. The van der Waals surface area contributed by atoms with E-state index in [1.54, 1.807) is 21.3 Å². The highest BCUT2D eigenvalue weighted by atomic mass is 16.5. The number of fused-ring (bicyclic) bond motifs is 1. The summed E-state index contributed by atoms with van der Waals surface area (Å²) >= 11 is 0. The molecule has 0 bridgehead atoms. The molecule has 0 saturated carbocycles. The van der Waals surface area contributed by atoms with Crippen molar-refractivity contribution in [1.82, 2.24) is 9.97 Å². The average Bonchev–Trinajstić information content (AvgIpc) is 2.83. The Balaban J connectivity index is 1.79. The maximum atomic E-state index is 12.7. The van der Waals surface area contributed by atoms with Gasteiger partial charge in [0.2, 0.25) is 5.95 Å². The van der Waals surface area contributed by atoms with Gasteiger partial charge in [-0.05, 0) is 17.7 Å². The molecule has 0 radical (unpaired) electrons. The van der Waals surface area contributed by atoms with Crippen LogP contribution in [-0.2, 0) is 6.42 Å². The molecular formula is C25H23N3O3. The normalized spacial score (nSPS) is 10.7. The van der Waals surface area contributed by atoms with E-state index in [1.807, 2.05) is 66.7 Å². The Hall–Kier alpha value is -3.93. The van der Waals surface area contributed by atoms with Crippen LogP contribution >= 0.6 is 0 Å². The van der Waals surface area contributed by atoms with Crippen molar-refractivity contribution in [3.05, 3.63) is 77.9 Å². The Bertz CT molecular complexity index is 1240. The molecule has 0 aliphatic carbocycles. The number of ether oxygens (including phenoxy) is 2. The number of carbonyl (C=O) groups excluding carboxylic acids is 1. The third-order valence-corrected chi connectivity index (χ3v) is 5.09. The van der Waals surface area contributed by atoms with E-state index < -0.39 is 0 Å². The van der Waals surface area contributed by atoms with E-state index in [0.717, 1.165) is 27.7 Å². The highest BCUT2D eigenvalue weighted by Gasteiger charge is 2.15. The lowest BCUT2D eigenvalue weighted by atomic mass is 9.99. The van der Waals surface area contributed by atoms with E-state index in [-0.39, 0.29) is 5.78 Å². The van der Waals surface area contributed by atoms with E-state index >= 15 is 0 Å². The van der Waals surface area contributed by atoms with Crippen molar-refractivity contribution in [2.45, 2.75) is 6.42 Å². The predicted molar refractivity (Wildman–Crippen MR) is 122 cm³/mol. The fourth-order valence-corrected chi connectivity index (χ4v) is 3.53. The highest BCUT2D eigenvalue weighted by molar-refractivity contribution is 5.98. The van der Waals surface area contributed by atoms with Gasteiger partial charge in [0, 0.05) is 36.0 Å². The maximum absolute atomic E-state index is 12.7. The summed E-state index contributed by atoms with van der Waals surface area (Å²) in [5, 5.41) is 3.85. The summed E-state index contributed by atoms with van der Waals surface area (Å²) in [6.07, 6.45) is 0.316. The number of ketones is 1. The summed E-state index contributed by atoms with van der Waals surface area (Å²) < 4.78 is 10.9. The lowest BCUT2D eigenvalue weighted by Gasteiger charge is -2.13. The van der Waals surface area contributed by atoms with Crippen LogP contribution in [0.1, 0.15) is 15.9 Å². The second-order valence-electron chi connectivity index (χ2n) is 7.04. The molecule has 156 valence electrons. The number of rotatable bonds is 7. The molecule has 6 nitrogen and oxygen atoms in total. The van der Waals surface area contributed by atoms with E-state index in [9.17, 15) is 4.79 Å². The van der Waals surface area contributed by atoms with Crippen LogP contribution in [0.3, 0.4) is 0 Å². The number of nitrogens with one attached hydrogen (secondary N) is 1. The molecule has 0 fully saturated rings. The smallest absolute Gasteiger partial charge is 0.223 e. The van der Waals surface area contributed by atoms with E-state index in [1.165, 1.54) is 0 Å². The summed E-state index contributed by atoms with van der Waals surface area (Å²) in [6, 6.07) is 20.9. The number of aromatic nitrogens is 2. The molecule has 4 rings (SSSR count). The number of carbonyl (C=O) groups is 1. The fraction of sp³-hybridized carbons (Fsp3) is 0.160. The number of nitrogens with zero attached hydrogens (tertiary/aromatic N) is 2. The van der Waals surface area contributed by atoms with Crippen molar-refractivity contribution in [2.24, 2.45) is 0 Å². The molecule has 3 aromatic carbocycles. The summed E-state index contributed by atoms with van der Waals surface area (Å²) in [5.41, 5.74) is 4.01. The number of benzene rings is 3. The fourth-order valence-electron chi connectivity index (χ4n) is 3.53. The van der Waals surface area contributed by atoms with Gasteiger partial charge in [0.25, 0.3) is 0 Å². The standard InChI is InChI=1S/C25H23N3O3/c1-26-25-27-20-15-23(31-3)22(30-2)14-19(20)24(28-25)18-11-7-8-16(12-18)13-21(29)17-9-5-4-6-10-17/h4-12,14-15H,13H2,1-3H3,(H,26,27,28). The third kappa shape index (κ3) is 4.19. The molecule has 0 amide bonds. The molecule has 1 N–H and O–H groups in total. The van der Waals surface area contributed by atoms with E-state index in [2.05, 4.69) is 10.3 Å². The quantitative estimate of drug-likeness (QED) is 0.440. The van der Waals surface area contributed by atoms with Crippen molar-refractivity contribution in [2.75, 3.05) is 26.6 Å². The number of hydrogen-bond donors (Lipinski definition) is 1. The Morgan fingerprint density at radius 1 is 0.903 bits per heavy atom. The number of Topliss-reactive ketones (excluding diaryl/α,β-unsaturated/α-hetero) is 1. The Kier molecular flexibility index (Phi) is 5.80. The molecule has 4 aromatic rings. The molecule has 1 heterocycles. The van der Waals surface area contributed by atoms with Gasteiger partial charge in [-0.25, -0.2) is 9.97 Å². The van der Waals surface area contributed by atoms with Gasteiger partial charge < -0.3 is 14.8 Å². The molecule has 1 aromatic heterocycles. The molecule has 0 aliphatic rings. The van der Waals surface area contributed by atoms with Crippen LogP contribution < -0.4 is 14.8 Å². The van der Waals surface area contributed by atoms with Gasteiger partial charge in [0.15, 0.2) is 17.3 Å². The van der Waals surface area contributed by atoms with Gasteiger partial charge >= 0.3 is 0 Å². The first-order valence-electron chi connectivity index (χ1n) is 9.92. The van der Waals surface area contributed by atoms with Crippen molar-refractivity contribution >= 4 is 22.6 Å². The zero-order valence-electron chi connectivity index (χ0n) is 17.7. The topological polar surface area (TPSA) is 73.3 Å². The highest BCUT2D eigenvalue weighted by Crippen LogP contribution is 2.36. The van der Waals surface area contributed by atoms with Crippen molar-refractivity contribution in [3.63, 3.8) is 0 Å². The van der Waals surface area contributed by atoms with Gasteiger partial charge in [-0.2, -0.15) is 0 Å². The number of methoxy groups -OCH3 is 2. The van der Waals surface area contributed by atoms with Gasteiger partial charge in [-0.1, -0.05) is 48.5 Å². The van der Waals surface area contributed by atoms with Crippen LogP contribution in [0.4, 0.5) is 5.95 Å². The van der Waals surface area contributed by atoms with Gasteiger partial charge in [-0.3, -0.25) is 4.79 Å². The largest absolute Gasteiger partial charge is 0.493 e. The monoisotopic (exact) mass is 413 g/mol. The minimum absolute atomic E-state index is 0.0765. The molecule has 0 aliphatic heterocycles. The first-order valence-corrected chi connectivity index (χ1v) is 9.92. The lowest BCUT2D eigenvalue weighted by Crippen LogP contribution is -2.04. The second kappa shape index (κ2) is 8.83. The summed E-state index contributed by atoms with van der Waals surface area (Å²) in [6.45, 7) is 0. The van der Waals surface area contributed by atoms with Gasteiger partial charge in [-0.15, -0.1) is 0 Å². The molecule has 0 atom stereocenters. The Morgan fingerprint density at radius 2 is 1.65 bits per heavy atom. The summed E-state index contributed by atoms with van der Waals surface area (Å²) in [7, 11) is 4.97. The second-order valence-corrected chi connectivity index (χ2v) is 7.04. The van der Waals surface area contributed by atoms with E-state index in [0.29, 0.717) is 29.4 Å². The molecule has 0 unspecified atom stereocenters. The Labute approximate surface area is 180 Å². The summed E-state index contributed by atoms with van der Waals surface area (Å²) in [5.74, 6) is 1.78. The number of anilines is 1. The van der Waals surface area contributed by atoms with Gasteiger partial charge in [0.05, 0.1) is 25.4 Å². The molecule has 0 spiro atoms. The van der Waals surface area contributed by atoms with Crippen LogP contribution in [0.25, 0.3) is 22.2 Å². The van der Waals surface area contributed by atoms with Gasteiger partial charge in [0.1, 0.15) is 0 Å². The zero-order chi connectivity index (χ0) is 21.8. The molecule has 31 heavy (non-hydrogen) atoms. The zero-order valence-corrected chi connectivity index (χ0v) is 17.7. The van der Waals surface area contributed by atoms with E-state index in [4.69, 9.17) is 14.5 Å². The first-order chi connectivity index (χ1) is 15.1. The minimum atomic E-state index is 0.0765. The molecule has 6 heteroatoms. The summed E-state index contributed by atoms with van der Waals surface area (Å²) in [4.78, 5) is 21.9.